The zero-order valence-electron chi connectivity index (χ0n) is 13.4. The summed E-state index contributed by atoms with van der Waals surface area (Å²) in [5, 5.41) is 3.37. The van der Waals surface area contributed by atoms with Crippen LogP contribution in [0, 0.1) is 0 Å². The first-order valence-electron chi connectivity index (χ1n) is 8.23. The predicted octanol–water partition coefficient (Wildman–Crippen LogP) is 3.14. The van der Waals surface area contributed by atoms with Gasteiger partial charge in [-0.05, 0) is 24.9 Å². The molecule has 0 saturated heterocycles. The van der Waals surface area contributed by atoms with Crippen LogP contribution in [0.3, 0.4) is 0 Å². The second-order valence-electron chi connectivity index (χ2n) is 6.06. The molecule has 1 aliphatic carbocycles. The van der Waals surface area contributed by atoms with Gasteiger partial charge in [-0.25, -0.2) is 0 Å². The first-order valence-corrected chi connectivity index (χ1v) is 8.23. The fourth-order valence-corrected chi connectivity index (χ4v) is 2.61. The Balaban J connectivity index is 1.49. The third kappa shape index (κ3) is 5.10. The van der Waals surface area contributed by atoms with E-state index in [1.165, 1.54) is 18.4 Å². The van der Waals surface area contributed by atoms with Crippen LogP contribution in [0.1, 0.15) is 38.7 Å². The van der Waals surface area contributed by atoms with E-state index >= 15 is 0 Å². The molecule has 0 aromatic heterocycles. The molecule has 1 aromatic rings. The fraction of sp³-hybridized carbons (Fsp3) is 0.667. The van der Waals surface area contributed by atoms with E-state index in [4.69, 9.17) is 9.47 Å². The highest BCUT2D eigenvalue weighted by atomic mass is 16.5. The van der Waals surface area contributed by atoms with Gasteiger partial charge in [-0.3, -0.25) is 0 Å². The molecule has 0 unspecified atom stereocenters. The molecule has 1 fully saturated rings. The van der Waals surface area contributed by atoms with Crippen molar-refractivity contribution in [3.63, 3.8) is 0 Å². The summed E-state index contributed by atoms with van der Waals surface area (Å²) in [5.41, 5.74) is 1.60. The minimum Gasteiger partial charge on any atom is -0.378 e. The van der Waals surface area contributed by atoms with E-state index in [0.717, 1.165) is 26.1 Å². The molecule has 1 saturated carbocycles. The van der Waals surface area contributed by atoms with Crippen LogP contribution < -0.4 is 5.32 Å². The van der Waals surface area contributed by atoms with Gasteiger partial charge < -0.3 is 14.8 Å². The zero-order chi connectivity index (χ0) is 15.0. The summed E-state index contributed by atoms with van der Waals surface area (Å²) >= 11 is 0. The maximum atomic E-state index is 5.92. The molecule has 0 heterocycles. The summed E-state index contributed by atoms with van der Waals surface area (Å²) in [6.45, 7) is 8.67. The van der Waals surface area contributed by atoms with Gasteiger partial charge in [-0.2, -0.15) is 0 Å². The van der Waals surface area contributed by atoms with Crippen LogP contribution in [0.15, 0.2) is 30.3 Å². The Labute approximate surface area is 129 Å². The van der Waals surface area contributed by atoms with Crippen molar-refractivity contribution in [2.45, 2.75) is 44.6 Å². The third-order valence-corrected chi connectivity index (χ3v) is 4.27. The lowest BCUT2D eigenvalue weighted by Gasteiger charge is -2.12. The Kier molecular flexibility index (Phi) is 6.68. The van der Waals surface area contributed by atoms with E-state index in [0.29, 0.717) is 19.3 Å². The van der Waals surface area contributed by atoms with Gasteiger partial charge in [0.2, 0.25) is 0 Å². The van der Waals surface area contributed by atoms with Crippen molar-refractivity contribution in [2.75, 3.05) is 32.9 Å². The van der Waals surface area contributed by atoms with E-state index in [-0.39, 0.29) is 5.41 Å². The Morgan fingerprint density at radius 1 is 1.14 bits per heavy atom. The van der Waals surface area contributed by atoms with Crippen LogP contribution in [0.2, 0.25) is 0 Å². The maximum Gasteiger partial charge on any atom is 0.0704 e. The van der Waals surface area contributed by atoms with E-state index in [2.05, 4.69) is 49.5 Å². The highest BCUT2D eigenvalue weighted by molar-refractivity contribution is 5.33. The SMILES string of the molecule is CCCCNCCOCCO[C@H]1C[C@]1(C)c1ccccc1. The molecule has 0 aliphatic heterocycles. The molecular formula is C18H29NO2. The highest BCUT2D eigenvalue weighted by Gasteiger charge is 2.52. The van der Waals surface area contributed by atoms with E-state index < -0.39 is 0 Å². The minimum atomic E-state index is 0.211. The van der Waals surface area contributed by atoms with Gasteiger partial charge >= 0.3 is 0 Å². The molecule has 118 valence electrons. The number of ether oxygens (including phenoxy) is 2. The van der Waals surface area contributed by atoms with Gasteiger partial charge in [0.1, 0.15) is 0 Å². The smallest absolute Gasteiger partial charge is 0.0704 e. The second-order valence-corrected chi connectivity index (χ2v) is 6.06. The van der Waals surface area contributed by atoms with Gasteiger partial charge in [0, 0.05) is 12.0 Å². The lowest BCUT2D eigenvalue weighted by atomic mass is 9.98. The summed E-state index contributed by atoms with van der Waals surface area (Å²) in [7, 11) is 0. The van der Waals surface area contributed by atoms with Crippen LogP contribution in [0.4, 0.5) is 0 Å². The lowest BCUT2D eigenvalue weighted by molar-refractivity contribution is 0.0348. The number of unbranched alkanes of at least 4 members (excludes halogenated alkanes) is 1. The molecule has 0 radical (unpaired) electrons. The average molecular weight is 291 g/mol. The van der Waals surface area contributed by atoms with Crippen molar-refractivity contribution in [2.24, 2.45) is 0 Å². The van der Waals surface area contributed by atoms with Gasteiger partial charge in [0.05, 0.1) is 25.9 Å². The number of hydrogen-bond donors (Lipinski definition) is 1. The fourth-order valence-electron chi connectivity index (χ4n) is 2.61. The van der Waals surface area contributed by atoms with E-state index in [9.17, 15) is 0 Å². The molecule has 0 amide bonds. The molecule has 1 aromatic carbocycles. The molecule has 1 aliphatic rings. The first kappa shape index (κ1) is 16.5. The average Bonchev–Trinajstić information content (AvgIpc) is 3.18. The van der Waals surface area contributed by atoms with Gasteiger partial charge in [-0.15, -0.1) is 0 Å². The van der Waals surface area contributed by atoms with Crippen LogP contribution in [0.5, 0.6) is 0 Å². The highest BCUT2D eigenvalue weighted by Crippen LogP contribution is 2.49. The Morgan fingerprint density at radius 2 is 1.95 bits per heavy atom. The monoisotopic (exact) mass is 291 g/mol. The Morgan fingerprint density at radius 3 is 2.71 bits per heavy atom. The van der Waals surface area contributed by atoms with Crippen molar-refractivity contribution in [1.82, 2.24) is 5.32 Å². The standard InChI is InChI=1S/C18H29NO2/c1-3-4-10-19-11-12-20-13-14-21-17-15-18(17,2)16-8-6-5-7-9-16/h5-9,17,19H,3-4,10-15H2,1-2H3/t17-,18+/m0/s1. The van der Waals surface area contributed by atoms with Crippen molar-refractivity contribution in [1.29, 1.82) is 0 Å². The van der Waals surface area contributed by atoms with Crippen molar-refractivity contribution in [3.05, 3.63) is 35.9 Å². The molecule has 1 N–H and O–H groups in total. The lowest BCUT2D eigenvalue weighted by Crippen LogP contribution is -2.22. The molecular weight excluding hydrogens is 262 g/mol. The topological polar surface area (TPSA) is 30.5 Å². The second kappa shape index (κ2) is 8.52. The predicted molar refractivity (Wildman–Crippen MR) is 86.7 cm³/mol. The largest absolute Gasteiger partial charge is 0.378 e. The van der Waals surface area contributed by atoms with Crippen LogP contribution >= 0.6 is 0 Å². The Bertz CT molecular complexity index is 395. The van der Waals surface area contributed by atoms with E-state index in [1.807, 2.05) is 0 Å². The normalized spacial score (nSPS) is 24.2. The van der Waals surface area contributed by atoms with Crippen molar-refractivity contribution < 1.29 is 9.47 Å². The quantitative estimate of drug-likeness (QED) is 0.635. The Hall–Kier alpha value is -0.900. The number of rotatable bonds is 11. The van der Waals surface area contributed by atoms with Crippen LogP contribution in [-0.4, -0.2) is 39.0 Å². The van der Waals surface area contributed by atoms with Crippen LogP contribution in [-0.2, 0) is 14.9 Å². The molecule has 3 heteroatoms. The summed E-state index contributed by atoms with van der Waals surface area (Å²) in [6.07, 6.45) is 3.95. The first-order chi connectivity index (χ1) is 10.3. The summed E-state index contributed by atoms with van der Waals surface area (Å²) in [4.78, 5) is 0. The van der Waals surface area contributed by atoms with Crippen LogP contribution in [0.25, 0.3) is 0 Å². The molecule has 0 bridgehead atoms. The third-order valence-electron chi connectivity index (χ3n) is 4.27. The minimum absolute atomic E-state index is 0.211. The van der Waals surface area contributed by atoms with E-state index in [1.54, 1.807) is 0 Å². The van der Waals surface area contributed by atoms with Crippen molar-refractivity contribution >= 4 is 0 Å². The number of hydrogen-bond acceptors (Lipinski definition) is 3. The van der Waals surface area contributed by atoms with Gasteiger partial charge in [0.15, 0.2) is 0 Å². The summed E-state index contributed by atoms with van der Waals surface area (Å²) in [5.74, 6) is 0. The molecule has 2 rings (SSSR count). The van der Waals surface area contributed by atoms with Gasteiger partial charge in [-0.1, -0.05) is 50.6 Å². The summed E-state index contributed by atoms with van der Waals surface area (Å²) in [6, 6.07) is 10.7. The maximum absolute atomic E-state index is 5.92. The van der Waals surface area contributed by atoms with Crippen molar-refractivity contribution in [3.8, 4) is 0 Å². The van der Waals surface area contributed by atoms with Gasteiger partial charge in [0.25, 0.3) is 0 Å². The molecule has 3 nitrogen and oxygen atoms in total. The number of benzene rings is 1. The number of nitrogens with one attached hydrogen (secondary N) is 1. The molecule has 2 atom stereocenters. The molecule has 0 spiro atoms. The zero-order valence-corrected chi connectivity index (χ0v) is 13.4. The summed E-state index contributed by atoms with van der Waals surface area (Å²) < 4.78 is 11.5. The molecule has 21 heavy (non-hydrogen) atoms.